The van der Waals surface area contributed by atoms with Gasteiger partial charge in [0, 0.05) is 5.75 Å². The van der Waals surface area contributed by atoms with Gasteiger partial charge in [-0.05, 0) is 0 Å². The van der Waals surface area contributed by atoms with Gasteiger partial charge in [-0.3, -0.25) is 4.79 Å². The highest BCUT2D eigenvalue weighted by atomic mass is 32.2. The fourth-order valence-electron chi connectivity index (χ4n) is 0.657. The monoisotopic (exact) mass is 193 g/mol. The van der Waals surface area contributed by atoms with Crippen molar-refractivity contribution in [2.75, 3.05) is 12.3 Å². The molecule has 0 fully saturated rings. The lowest BCUT2D eigenvalue weighted by Crippen LogP contribution is -2.37. The number of ketones is 1. The zero-order chi connectivity index (χ0) is 9.78. The first-order valence-electron chi connectivity index (χ1n) is 3.39. The Hall–Kier alpha value is -0.750. The van der Waals surface area contributed by atoms with E-state index in [1.54, 1.807) is 0 Å². The minimum atomic E-state index is -3.62. The number of carbonyl (C=O) groups excluding carboxylic acids is 2. The van der Waals surface area contributed by atoms with Crippen LogP contribution in [0.4, 0.5) is 0 Å². The quantitative estimate of drug-likeness (QED) is 0.424. The summed E-state index contributed by atoms with van der Waals surface area (Å²) in [5.41, 5.74) is 4.93. The fraction of sp³-hybridized carbons (Fsp3) is 0.667. The minimum absolute atomic E-state index is 0.119. The summed E-state index contributed by atoms with van der Waals surface area (Å²) in [5, 5.41) is -1.58. The van der Waals surface area contributed by atoms with E-state index in [0.717, 1.165) is 0 Å². The standard InChI is InChI=1S/C6H11NO4S/c1-2-12(10,11)6(4-8)5(9)3-7/h4,6H,2-3,7H2,1H3. The van der Waals surface area contributed by atoms with E-state index in [1.807, 2.05) is 0 Å². The zero-order valence-electron chi connectivity index (χ0n) is 6.69. The number of Topliss-reactive ketones (excluding diaryl/α,β-unsaturated/α-hetero) is 1. The van der Waals surface area contributed by atoms with Crippen molar-refractivity contribution in [3.05, 3.63) is 0 Å². The first-order chi connectivity index (χ1) is 5.49. The molecule has 5 nitrogen and oxygen atoms in total. The van der Waals surface area contributed by atoms with Crippen LogP contribution in [0.2, 0.25) is 0 Å². The molecule has 0 amide bonds. The molecular formula is C6H11NO4S. The Kier molecular flexibility index (Phi) is 4.05. The van der Waals surface area contributed by atoms with Crippen molar-refractivity contribution < 1.29 is 18.0 Å². The normalized spacial score (nSPS) is 13.8. The first kappa shape index (κ1) is 11.2. The maximum Gasteiger partial charge on any atom is 0.176 e. The zero-order valence-corrected chi connectivity index (χ0v) is 7.50. The van der Waals surface area contributed by atoms with Gasteiger partial charge in [-0.1, -0.05) is 6.92 Å². The summed E-state index contributed by atoms with van der Waals surface area (Å²) in [7, 11) is -3.62. The van der Waals surface area contributed by atoms with Gasteiger partial charge in [-0.15, -0.1) is 0 Å². The van der Waals surface area contributed by atoms with Crippen LogP contribution < -0.4 is 5.73 Å². The van der Waals surface area contributed by atoms with Crippen LogP contribution >= 0.6 is 0 Å². The second kappa shape index (κ2) is 4.32. The molecule has 0 aromatic carbocycles. The molecule has 1 unspecified atom stereocenters. The van der Waals surface area contributed by atoms with Crippen LogP contribution in [0, 0.1) is 0 Å². The van der Waals surface area contributed by atoms with Gasteiger partial charge in [-0.2, -0.15) is 0 Å². The summed E-state index contributed by atoms with van der Waals surface area (Å²) >= 11 is 0. The van der Waals surface area contributed by atoms with Crippen LogP contribution in [0.3, 0.4) is 0 Å². The molecule has 0 heterocycles. The van der Waals surface area contributed by atoms with E-state index in [0.29, 0.717) is 0 Å². The van der Waals surface area contributed by atoms with Crippen molar-refractivity contribution in [1.29, 1.82) is 0 Å². The first-order valence-corrected chi connectivity index (χ1v) is 5.10. The molecule has 0 radical (unpaired) electrons. The number of hydrogen-bond acceptors (Lipinski definition) is 5. The summed E-state index contributed by atoms with van der Waals surface area (Å²) in [5.74, 6) is -0.992. The third-order valence-electron chi connectivity index (χ3n) is 1.43. The third-order valence-corrected chi connectivity index (χ3v) is 3.38. The Morgan fingerprint density at radius 1 is 1.58 bits per heavy atom. The van der Waals surface area contributed by atoms with Gasteiger partial charge < -0.3 is 10.5 Å². The predicted octanol–water partition coefficient (Wildman–Crippen LogP) is -1.48. The molecule has 2 N–H and O–H groups in total. The van der Waals surface area contributed by atoms with Crippen LogP contribution in [0.25, 0.3) is 0 Å². The van der Waals surface area contributed by atoms with Gasteiger partial charge in [0.2, 0.25) is 0 Å². The third kappa shape index (κ3) is 2.38. The van der Waals surface area contributed by atoms with E-state index in [1.165, 1.54) is 6.92 Å². The molecule has 12 heavy (non-hydrogen) atoms. The van der Waals surface area contributed by atoms with E-state index in [9.17, 15) is 18.0 Å². The highest BCUT2D eigenvalue weighted by molar-refractivity contribution is 7.93. The lowest BCUT2D eigenvalue weighted by Gasteiger charge is -2.06. The average molecular weight is 193 g/mol. The van der Waals surface area contributed by atoms with Crippen LogP contribution in [-0.4, -0.2) is 38.0 Å². The summed E-state index contributed by atoms with van der Waals surface area (Å²) in [4.78, 5) is 21.1. The number of rotatable bonds is 5. The Labute approximate surface area is 70.9 Å². The number of carbonyl (C=O) groups is 2. The van der Waals surface area contributed by atoms with Crippen LogP contribution in [0.1, 0.15) is 6.92 Å². The summed E-state index contributed by atoms with van der Waals surface area (Å²) in [6.45, 7) is 0.943. The maximum atomic E-state index is 11.0. The van der Waals surface area contributed by atoms with Crippen molar-refractivity contribution in [1.82, 2.24) is 0 Å². The van der Waals surface area contributed by atoms with Gasteiger partial charge in [0.05, 0.1) is 6.54 Å². The minimum Gasteiger partial charge on any atom is -0.324 e. The number of hydrogen-bond donors (Lipinski definition) is 1. The maximum absolute atomic E-state index is 11.0. The lowest BCUT2D eigenvalue weighted by molar-refractivity contribution is -0.120. The van der Waals surface area contributed by atoms with Gasteiger partial charge in [0.25, 0.3) is 0 Å². The van der Waals surface area contributed by atoms with Gasteiger partial charge >= 0.3 is 0 Å². The molecule has 0 rings (SSSR count). The van der Waals surface area contributed by atoms with E-state index < -0.39 is 27.4 Å². The van der Waals surface area contributed by atoms with Crippen LogP contribution in [0.5, 0.6) is 0 Å². The Balaban J connectivity index is 4.81. The average Bonchev–Trinajstić information content (AvgIpc) is 2.05. The number of aldehydes is 1. The second-order valence-corrected chi connectivity index (χ2v) is 4.59. The SMILES string of the molecule is CCS(=O)(=O)C(C=O)C(=O)CN. The lowest BCUT2D eigenvalue weighted by atomic mass is 10.3. The molecule has 0 aliphatic heterocycles. The molecule has 0 aromatic rings. The largest absolute Gasteiger partial charge is 0.324 e. The van der Waals surface area contributed by atoms with Crippen molar-refractivity contribution in [3.8, 4) is 0 Å². The van der Waals surface area contributed by atoms with Crippen molar-refractivity contribution in [2.45, 2.75) is 12.2 Å². The number of nitrogens with two attached hydrogens (primary N) is 1. The molecule has 0 saturated carbocycles. The number of sulfone groups is 1. The molecule has 0 spiro atoms. The van der Waals surface area contributed by atoms with Crippen LogP contribution in [-0.2, 0) is 19.4 Å². The van der Waals surface area contributed by atoms with Gasteiger partial charge in [0.1, 0.15) is 6.29 Å². The topological polar surface area (TPSA) is 94.3 Å². The highest BCUT2D eigenvalue weighted by Crippen LogP contribution is 2.00. The molecule has 0 aliphatic carbocycles. The molecule has 0 bridgehead atoms. The summed E-state index contributed by atoms with van der Waals surface area (Å²) < 4.78 is 22.0. The van der Waals surface area contributed by atoms with E-state index >= 15 is 0 Å². The Morgan fingerprint density at radius 2 is 2.08 bits per heavy atom. The van der Waals surface area contributed by atoms with Crippen molar-refractivity contribution in [2.24, 2.45) is 5.73 Å². The molecule has 6 heteroatoms. The Bertz CT molecular complexity index is 269. The summed E-state index contributed by atoms with van der Waals surface area (Å²) in [6.07, 6.45) is 0.119. The van der Waals surface area contributed by atoms with E-state index in [-0.39, 0.29) is 12.0 Å². The second-order valence-electron chi connectivity index (χ2n) is 2.18. The van der Waals surface area contributed by atoms with Gasteiger partial charge in [-0.25, -0.2) is 8.42 Å². The Morgan fingerprint density at radius 3 is 2.33 bits per heavy atom. The van der Waals surface area contributed by atoms with Gasteiger partial charge in [0.15, 0.2) is 20.9 Å². The molecule has 70 valence electrons. The predicted molar refractivity (Wildman–Crippen MR) is 43.4 cm³/mol. The molecule has 0 aromatic heterocycles. The van der Waals surface area contributed by atoms with Crippen molar-refractivity contribution in [3.63, 3.8) is 0 Å². The van der Waals surface area contributed by atoms with E-state index in [4.69, 9.17) is 5.73 Å². The van der Waals surface area contributed by atoms with Crippen LogP contribution in [0.15, 0.2) is 0 Å². The smallest absolute Gasteiger partial charge is 0.176 e. The molecular weight excluding hydrogens is 182 g/mol. The molecule has 0 aliphatic rings. The van der Waals surface area contributed by atoms with E-state index in [2.05, 4.69) is 0 Å². The molecule has 0 saturated heterocycles. The van der Waals surface area contributed by atoms with Crippen molar-refractivity contribution >= 4 is 21.9 Å². The summed E-state index contributed by atoms with van der Waals surface area (Å²) in [6, 6.07) is 0. The molecule has 1 atom stereocenters. The fourth-order valence-corrected chi connectivity index (χ4v) is 1.68. The highest BCUT2D eigenvalue weighted by Gasteiger charge is 2.29.